The minimum Gasteiger partial charge on any atom is -0.466 e. The van der Waals surface area contributed by atoms with Crippen LogP contribution in [0, 0.1) is 5.92 Å². The second kappa shape index (κ2) is 9.34. The van der Waals surface area contributed by atoms with Crippen molar-refractivity contribution in [3.8, 4) is 0 Å². The molecule has 0 bridgehead atoms. The van der Waals surface area contributed by atoms with Crippen molar-refractivity contribution in [3.05, 3.63) is 35.4 Å². The zero-order chi connectivity index (χ0) is 19.0. The van der Waals surface area contributed by atoms with Crippen molar-refractivity contribution >= 4 is 17.5 Å². The van der Waals surface area contributed by atoms with Crippen molar-refractivity contribution in [1.82, 2.24) is 0 Å². The number of ether oxygens (including phenoxy) is 1. The minimum atomic E-state index is -4.55. The van der Waals surface area contributed by atoms with E-state index in [-0.39, 0.29) is 31.0 Å². The molecule has 1 aromatic carbocycles. The molecule has 0 heterocycles. The maximum absolute atomic E-state index is 12.8. The number of unbranched alkanes of at least 4 members (excludes halogenated alkanes) is 1. The average Bonchev–Trinajstić information content (AvgIpc) is 2.53. The summed E-state index contributed by atoms with van der Waals surface area (Å²) in [6.45, 7) is 3.21. The van der Waals surface area contributed by atoms with Crippen LogP contribution in [0.25, 0.3) is 0 Å². The predicted octanol–water partition coefficient (Wildman–Crippen LogP) is 4.22. The van der Waals surface area contributed by atoms with Gasteiger partial charge in [0.2, 0.25) is 0 Å². The van der Waals surface area contributed by atoms with E-state index in [9.17, 15) is 27.6 Å². The largest absolute Gasteiger partial charge is 0.466 e. The highest BCUT2D eigenvalue weighted by atomic mass is 19.4. The van der Waals surface area contributed by atoms with Crippen molar-refractivity contribution < 1.29 is 32.3 Å². The number of halogens is 3. The molecular formula is C18H21F3O4. The first-order chi connectivity index (χ1) is 11.7. The van der Waals surface area contributed by atoms with E-state index in [1.807, 2.05) is 0 Å². The Morgan fingerprint density at radius 3 is 2.40 bits per heavy atom. The Bertz CT molecular complexity index is 623. The van der Waals surface area contributed by atoms with Gasteiger partial charge < -0.3 is 4.74 Å². The zero-order valence-electron chi connectivity index (χ0n) is 14.2. The summed E-state index contributed by atoms with van der Waals surface area (Å²) >= 11 is 0. The highest BCUT2D eigenvalue weighted by molar-refractivity contribution is 6.10. The lowest BCUT2D eigenvalue weighted by Gasteiger charge is -2.14. The number of hydrogen-bond acceptors (Lipinski definition) is 4. The number of carbonyl (C=O) groups is 3. The Balaban J connectivity index is 2.74. The molecule has 0 fully saturated rings. The lowest BCUT2D eigenvalue weighted by Crippen LogP contribution is -2.23. The van der Waals surface area contributed by atoms with Crippen molar-refractivity contribution in [3.63, 3.8) is 0 Å². The quantitative estimate of drug-likeness (QED) is 0.287. The molecule has 4 nitrogen and oxygen atoms in total. The third-order valence-corrected chi connectivity index (χ3v) is 3.71. The third-order valence-electron chi connectivity index (χ3n) is 3.71. The Morgan fingerprint density at radius 2 is 1.84 bits per heavy atom. The van der Waals surface area contributed by atoms with Crippen molar-refractivity contribution in [1.29, 1.82) is 0 Å². The zero-order valence-corrected chi connectivity index (χ0v) is 14.2. The monoisotopic (exact) mass is 358 g/mol. The van der Waals surface area contributed by atoms with Crippen LogP contribution in [0.3, 0.4) is 0 Å². The Morgan fingerprint density at radius 1 is 1.16 bits per heavy atom. The van der Waals surface area contributed by atoms with Gasteiger partial charge in [-0.25, -0.2) is 0 Å². The molecule has 7 heteroatoms. The van der Waals surface area contributed by atoms with Gasteiger partial charge in [-0.15, -0.1) is 0 Å². The van der Waals surface area contributed by atoms with Gasteiger partial charge in [0.25, 0.3) is 0 Å². The Kier molecular flexibility index (Phi) is 7.80. The normalized spacial score (nSPS) is 12.5. The standard InChI is InChI=1S/C18H21F3O4/c1-3-25-16(23)10-5-4-9-15(12(2)22)17(24)13-7-6-8-14(11-13)18(19,20)21/h6-8,11,15H,3-5,9-10H2,1-2H3. The molecule has 1 atom stereocenters. The molecule has 138 valence electrons. The first kappa shape index (κ1) is 20.9. The predicted molar refractivity (Wildman–Crippen MR) is 85.0 cm³/mol. The lowest BCUT2D eigenvalue weighted by atomic mass is 9.89. The van der Waals surface area contributed by atoms with Crippen LogP contribution in [-0.4, -0.2) is 24.1 Å². The molecule has 0 aliphatic heterocycles. The molecule has 0 saturated heterocycles. The highest BCUT2D eigenvalue weighted by Crippen LogP contribution is 2.30. The number of rotatable bonds is 9. The van der Waals surface area contributed by atoms with E-state index in [1.165, 1.54) is 13.0 Å². The SMILES string of the molecule is CCOC(=O)CCCCC(C(C)=O)C(=O)c1cccc(C(F)(F)F)c1. The Labute approximate surface area is 144 Å². The smallest absolute Gasteiger partial charge is 0.416 e. The Hall–Kier alpha value is -2.18. The summed E-state index contributed by atoms with van der Waals surface area (Å²) in [6.07, 6.45) is -3.33. The second-order valence-electron chi connectivity index (χ2n) is 5.66. The maximum Gasteiger partial charge on any atom is 0.416 e. The summed E-state index contributed by atoms with van der Waals surface area (Å²) in [5.74, 6) is -2.40. The molecular weight excluding hydrogens is 337 g/mol. The number of hydrogen-bond donors (Lipinski definition) is 0. The molecule has 1 rings (SSSR count). The van der Waals surface area contributed by atoms with E-state index < -0.39 is 29.2 Å². The van der Waals surface area contributed by atoms with Gasteiger partial charge in [-0.2, -0.15) is 13.2 Å². The molecule has 0 aliphatic carbocycles. The average molecular weight is 358 g/mol. The second-order valence-corrected chi connectivity index (χ2v) is 5.66. The van der Waals surface area contributed by atoms with Gasteiger partial charge in [0.15, 0.2) is 5.78 Å². The fourth-order valence-electron chi connectivity index (χ4n) is 2.42. The van der Waals surface area contributed by atoms with E-state index in [1.54, 1.807) is 6.92 Å². The van der Waals surface area contributed by atoms with E-state index in [4.69, 9.17) is 4.74 Å². The van der Waals surface area contributed by atoms with Gasteiger partial charge in [-0.3, -0.25) is 14.4 Å². The fraction of sp³-hybridized carbons (Fsp3) is 0.500. The molecule has 0 amide bonds. The van der Waals surface area contributed by atoms with Crippen LogP contribution in [-0.2, 0) is 20.5 Å². The van der Waals surface area contributed by atoms with Gasteiger partial charge in [-0.1, -0.05) is 18.6 Å². The molecule has 0 aromatic heterocycles. The highest BCUT2D eigenvalue weighted by Gasteiger charge is 2.32. The first-order valence-electron chi connectivity index (χ1n) is 8.04. The number of benzene rings is 1. The van der Waals surface area contributed by atoms with Crippen molar-refractivity contribution in [2.75, 3.05) is 6.61 Å². The number of Topliss-reactive ketones (excluding diaryl/α,β-unsaturated/α-hetero) is 2. The number of esters is 1. The molecule has 0 radical (unpaired) electrons. The van der Waals surface area contributed by atoms with Gasteiger partial charge in [-0.05, 0) is 38.8 Å². The first-order valence-corrected chi connectivity index (χ1v) is 8.04. The van der Waals surface area contributed by atoms with Gasteiger partial charge in [0.05, 0.1) is 18.1 Å². The minimum absolute atomic E-state index is 0.139. The molecule has 0 spiro atoms. The van der Waals surface area contributed by atoms with Crippen LogP contribution in [0.15, 0.2) is 24.3 Å². The summed E-state index contributed by atoms with van der Waals surface area (Å²) in [6, 6.07) is 4.05. The van der Waals surface area contributed by atoms with Crippen LogP contribution in [0.2, 0.25) is 0 Å². The summed E-state index contributed by atoms with van der Waals surface area (Å²) in [5.41, 5.74) is -1.07. The van der Waals surface area contributed by atoms with Crippen LogP contribution in [0.1, 0.15) is 55.5 Å². The molecule has 0 saturated carbocycles. The summed E-state index contributed by atoms with van der Waals surface area (Å²) in [4.78, 5) is 35.4. The molecule has 25 heavy (non-hydrogen) atoms. The molecule has 1 unspecified atom stereocenters. The maximum atomic E-state index is 12.8. The molecule has 0 N–H and O–H groups in total. The topological polar surface area (TPSA) is 60.4 Å². The van der Waals surface area contributed by atoms with Gasteiger partial charge >= 0.3 is 12.1 Å². The van der Waals surface area contributed by atoms with E-state index in [0.717, 1.165) is 18.2 Å². The van der Waals surface area contributed by atoms with Crippen LogP contribution in [0.5, 0.6) is 0 Å². The van der Waals surface area contributed by atoms with E-state index in [0.29, 0.717) is 12.8 Å². The molecule has 1 aromatic rings. The number of alkyl halides is 3. The number of ketones is 2. The van der Waals surface area contributed by atoms with E-state index >= 15 is 0 Å². The summed E-state index contributed by atoms with van der Waals surface area (Å²) < 4.78 is 43.0. The number of carbonyl (C=O) groups excluding carboxylic acids is 3. The van der Waals surface area contributed by atoms with Crippen LogP contribution in [0.4, 0.5) is 13.2 Å². The van der Waals surface area contributed by atoms with Gasteiger partial charge in [0.1, 0.15) is 5.78 Å². The van der Waals surface area contributed by atoms with Crippen LogP contribution < -0.4 is 0 Å². The van der Waals surface area contributed by atoms with E-state index in [2.05, 4.69) is 0 Å². The van der Waals surface area contributed by atoms with Crippen molar-refractivity contribution in [2.45, 2.75) is 45.7 Å². The molecule has 0 aliphatic rings. The fourth-order valence-corrected chi connectivity index (χ4v) is 2.42. The van der Waals surface area contributed by atoms with Crippen LogP contribution >= 0.6 is 0 Å². The summed E-state index contributed by atoms with van der Waals surface area (Å²) in [5, 5.41) is 0. The van der Waals surface area contributed by atoms with Crippen molar-refractivity contribution in [2.24, 2.45) is 5.92 Å². The third kappa shape index (κ3) is 6.68. The van der Waals surface area contributed by atoms with Gasteiger partial charge in [0, 0.05) is 12.0 Å². The summed E-state index contributed by atoms with van der Waals surface area (Å²) in [7, 11) is 0. The lowest BCUT2D eigenvalue weighted by molar-refractivity contribution is -0.143.